The van der Waals surface area contributed by atoms with E-state index in [-0.39, 0.29) is 23.9 Å². The van der Waals surface area contributed by atoms with Gasteiger partial charge in [-0.1, -0.05) is 6.07 Å². The average Bonchev–Trinajstić information content (AvgIpc) is 2.74. The Labute approximate surface area is 171 Å². The minimum atomic E-state index is -0.207. The molecule has 2 aliphatic rings. The molecule has 1 aliphatic carbocycles. The maximum absolute atomic E-state index is 13.5. The molecule has 1 aromatic heterocycles. The first-order chi connectivity index (χ1) is 14.1. The number of pyridine rings is 1. The van der Waals surface area contributed by atoms with Gasteiger partial charge in [0.1, 0.15) is 5.82 Å². The van der Waals surface area contributed by atoms with Crippen molar-refractivity contribution in [2.24, 2.45) is 0 Å². The van der Waals surface area contributed by atoms with E-state index in [1.54, 1.807) is 6.07 Å². The van der Waals surface area contributed by atoms with E-state index in [0.29, 0.717) is 6.04 Å². The molecule has 2 heterocycles. The molecule has 2 amide bonds. The highest BCUT2D eigenvalue weighted by atomic mass is 19.1. The first kappa shape index (κ1) is 19.8. The van der Waals surface area contributed by atoms with Crippen molar-refractivity contribution in [3.63, 3.8) is 0 Å². The van der Waals surface area contributed by atoms with Crippen LogP contribution in [0.15, 0.2) is 42.7 Å². The predicted octanol–water partition coefficient (Wildman–Crippen LogP) is 4.12. The van der Waals surface area contributed by atoms with Crippen molar-refractivity contribution in [2.75, 3.05) is 13.1 Å². The minimum absolute atomic E-state index is 0.0360. The van der Waals surface area contributed by atoms with Crippen LogP contribution in [0.2, 0.25) is 0 Å². The van der Waals surface area contributed by atoms with Crippen LogP contribution in [0.1, 0.15) is 61.4 Å². The fraction of sp³-hybridized carbons (Fsp3) is 0.478. The molecule has 4 rings (SSSR count). The molecule has 154 valence electrons. The van der Waals surface area contributed by atoms with E-state index in [1.807, 2.05) is 18.5 Å². The lowest BCUT2D eigenvalue weighted by Gasteiger charge is -2.36. The second-order valence-electron chi connectivity index (χ2n) is 8.17. The lowest BCUT2D eigenvalue weighted by atomic mass is 9.87. The number of urea groups is 1. The largest absolute Gasteiger partial charge is 0.335 e. The molecule has 29 heavy (non-hydrogen) atoms. The summed E-state index contributed by atoms with van der Waals surface area (Å²) in [5.74, 6) is -0.207. The quantitative estimate of drug-likeness (QED) is 0.817. The Morgan fingerprint density at radius 3 is 2.66 bits per heavy atom. The topological polar surface area (TPSA) is 57.3 Å². The highest BCUT2D eigenvalue weighted by Gasteiger charge is 2.26. The Kier molecular flexibility index (Phi) is 6.09. The maximum atomic E-state index is 13.5. The number of hydrogen-bond acceptors (Lipinski definition) is 3. The first-order valence-electron chi connectivity index (χ1n) is 10.6. The smallest absolute Gasteiger partial charge is 0.315 e. The predicted molar refractivity (Wildman–Crippen MR) is 111 cm³/mol. The lowest BCUT2D eigenvalue weighted by molar-refractivity contribution is 0.152. The fourth-order valence-electron chi connectivity index (χ4n) is 4.60. The van der Waals surface area contributed by atoms with E-state index < -0.39 is 0 Å². The van der Waals surface area contributed by atoms with Gasteiger partial charge in [-0.3, -0.25) is 9.88 Å². The van der Waals surface area contributed by atoms with Crippen molar-refractivity contribution in [3.05, 3.63) is 65.2 Å². The zero-order chi connectivity index (χ0) is 20.2. The Morgan fingerprint density at radius 2 is 1.90 bits per heavy atom. The van der Waals surface area contributed by atoms with Crippen LogP contribution >= 0.6 is 0 Å². The van der Waals surface area contributed by atoms with Gasteiger partial charge in [0.25, 0.3) is 0 Å². The minimum Gasteiger partial charge on any atom is -0.335 e. The van der Waals surface area contributed by atoms with E-state index in [1.165, 1.54) is 11.6 Å². The second kappa shape index (κ2) is 8.91. The van der Waals surface area contributed by atoms with Crippen molar-refractivity contribution in [1.82, 2.24) is 20.5 Å². The van der Waals surface area contributed by atoms with Crippen molar-refractivity contribution >= 4 is 6.03 Å². The third-order valence-corrected chi connectivity index (χ3v) is 6.33. The Morgan fingerprint density at radius 1 is 1.14 bits per heavy atom. The molecule has 0 bridgehead atoms. The molecule has 2 N–H and O–H groups in total. The molecule has 0 spiro atoms. The third kappa shape index (κ3) is 4.75. The molecule has 2 atom stereocenters. The van der Waals surface area contributed by atoms with E-state index in [0.717, 1.165) is 56.3 Å². The summed E-state index contributed by atoms with van der Waals surface area (Å²) >= 11 is 0. The molecule has 0 saturated carbocycles. The highest BCUT2D eigenvalue weighted by Crippen LogP contribution is 2.30. The van der Waals surface area contributed by atoms with Gasteiger partial charge >= 0.3 is 6.03 Å². The molecule has 0 radical (unpaired) electrons. The number of carbonyl (C=O) groups excluding carboxylic acids is 1. The van der Waals surface area contributed by atoms with Crippen LogP contribution in [0.3, 0.4) is 0 Å². The van der Waals surface area contributed by atoms with E-state index in [2.05, 4.69) is 39.6 Å². The monoisotopic (exact) mass is 396 g/mol. The molecular formula is C23H29FN4O. The number of halogens is 1. The van der Waals surface area contributed by atoms with Crippen LogP contribution in [0.4, 0.5) is 9.18 Å². The molecule has 1 aromatic carbocycles. The van der Waals surface area contributed by atoms with Crippen LogP contribution in [0, 0.1) is 5.82 Å². The van der Waals surface area contributed by atoms with Crippen LogP contribution < -0.4 is 10.6 Å². The van der Waals surface area contributed by atoms with Gasteiger partial charge in [-0.25, -0.2) is 9.18 Å². The fourth-order valence-corrected chi connectivity index (χ4v) is 4.60. The Balaban J connectivity index is 1.28. The normalized spacial score (nSPS) is 21.2. The Bertz CT molecular complexity index is 836. The first-order valence-corrected chi connectivity index (χ1v) is 10.6. The molecule has 6 heteroatoms. The highest BCUT2D eigenvalue weighted by molar-refractivity contribution is 5.75. The summed E-state index contributed by atoms with van der Waals surface area (Å²) in [6.07, 6.45) is 8.29. The summed E-state index contributed by atoms with van der Waals surface area (Å²) in [7, 11) is 0. The number of nitrogens with one attached hydrogen (secondary N) is 2. The Hall–Kier alpha value is -2.47. The van der Waals surface area contributed by atoms with Gasteiger partial charge in [-0.05, 0) is 80.0 Å². The average molecular weight is 397 g/mol. The maximum Gasteiger partial charge on any atom is 0.315 e. The number of hydrogen-bond donors (Lipinski definition) is 2. The summed E-state index contributed by atoms with van der Waals surface area (Å²) in [6, 6.07) is 9.41. The second-order valence-corrected chi connectivity index (χ2v) is 8.17. The molecule has 1 fully saturated rings. The number of fused-ring (bicyclic) bond motifs is 1. The zero-order valence-corrected chi connectivity index (χ0v) is 16.9. The molecule has 2 aromatic rings. The zero-order valence-electron chi connectivity index (χ0n) is 16.9. The van der Waals surface area contributed by atoms with Gasteiger partial charge in [0, 0.05) is 37.6 Å². The van der Waals surface area contributed by atoms with Crippen LogP contribution in [0.25, 0.3) is 0 Å². The van der Waals surface area contributed by atoms with E-state index in [4.69, 9.17) is 0 Å². The number of carbonyl (C=O) groups is 1. The molecule has 2 unspecified atom stereocenters. The SMILES string of the molecule is CC(c1ccncc1)N1CCC(NC(=O)NC2CCCc3cc(F)ccc32)CC1. The van der Waals surface area contributed by atoms with Gasteiger partial charge in [0.05, 0.1) is 6.04 Å². The molecule has 1 aliphatic heterocycles. The van der Waals surface area contributed by atoms with Crippen molar-refractivity contribution in [3.8, 4) is 0 Å². The third-order valence-electron chi connectivity index (χ3n) is 6.33. The lowest BCUT2D eigenvalue weighted by Crippen LogP contribution is -2.49. The number of rotatable bonds is 4. The van der Waals surface area contributed by atoms with Crippen molar-refractivity contribution < 1.29 is 9.18 Å². The van der Waals surface area contributed by atoms with Gasteiger partial charge in [0.2, 0.25) is 0 Å². The van der Waals surface area contributed by atoms with Crippen LogP contribution in [-0.4, -0.2) is 35.0 Å². The molecular weight excluding hydrogens is 367 g/mol. The number of benzene rings is 1. The summed E-state index contributed by atoms with van der Waals surface area (Å²) in [6.45, 7) is 4.14. The van der Waals surface area contributed by atoms with Crippen molar-refractivity contribution in [1.29, 1.82) is 0 Å². The number of likely N-dealkylation sites (tertiary alicyclic amines) is 1. The molecule has 5 nitrogen and oxygen atoms in total. The summed E-state index contributed by atoms with van der Waals surface area (Å²) in [5.41, 5.74) is 3.34. The molecule has 1 saturated heterocycles. The summed E-state index contributed by atoms with van der Waals surface area (Å²) in [5, 5.41) is 6.26. The van der Waals surface area contributed by atoms with Crippen molar-refractivity contribution in [2.45, 2.75) is 57.2 Å². The van der Waals surface area contributed by atoms with Gasteiger partial charge < -0.3 is 10.6 Å². The number of piperidine rings is 1. The van der Waals surface area contributed by atoms with Crippen LogP contribution in [-0.2, 0) is 6.42 Å². The number of amides is 2. The van der Waals surface area contributed by atoms with Crippen LogP contribution in [0.5, 0.6) is 0 Å². The van der Waals surface area contributed by atoms with Gasteiger partial charge in [-0.15, -0.1) is 0 Å². The summed E-state index contributed by atoms with van der Waals surface area (Å²) in [4.78, 5) is 19.1. The summed E-state index contributed by atoms with van der Waals surface area (Å²) < 4.78 is 13.5. The van der Waals surface area contributed by atoms with Gasteiger partial charge in [0.15, 0.2) is 0 Å². The van der Waals surface area contributed by atoms with E-state index >= 15 is 0 Å². The number of aromatic nitrogens is 1. The standard InChI is InChI=1S/C23H29FN4O/c1-16(17-7-11-25-12-8-17)28-13-9-20(10-14-28)26-23(29)27-22-4-2-3-18-15-19(24)5-6-21(18)22/h5-8,11-12,15-16,20,22H,2-4,9-10,13-14H2,1H3,(H2,26,27,29). The van der Waals surface area contributed by atoms with E-state index in [9.17, 15) is 9.18 Å². The number of aryl methyl sites for hydroxylation is 1. The van der Waals surface area contributed by atoms with Gasteiger partial charge in [-0.2, -0.15) is 0 Å². The number of nitrogens with zero attached hydrogens (tertiary/aromatic N) is 2.